The van der Waals surface area contributed by atoms with Gasteiger partial charge in [-0.15, -0.1) is 0 Å². The number of ether oxygens (including phenoxy) is 1. The van der Waals surface area contributed by atoms with Gasteiger partial charge in [0.2, 0.25) is 0 Å². The van der Waals surface area contributed by atoms with Gasteiger partial charge in [0.25, 0.3) is 0 Å². The lowest BCUT2D eigenvalue weighted by Crippen LogP contribution is -2.31. The minimum Gasteiger partial charge on any atom is -0.507 e. The average Bonchev–Trinajstić information content (AvgIpc) is 2.71. The molecule has 0 amide bonds. The Bertz CT molecular complexity index is 830. The molecule has 1 aliphatic carbocycles. The zero-order chi connectivity index (χ0) is 23.1. The smallest absolute Gasteiger partial charge is 0.342 e. The Morgan fingerprint density at radius 1 is 1.35 bits per heavy atom. The monoisotopic (exact) mass is 431 g/mol. The number of allylic oxidation sites excluding steroid dienone is 3. The summed E-state index contributed by atoms with van der Waals surface area (Å²) in [7, 11) is 0. The maximum Gasteiger partial charge on any atom is 0.342 e. The molecule has 0 aromatic heterocycles. The van der Waals surface area contributed by atoms with E-state index in [1.165, 1.54) is 5.57 Å². The predicted octanol–water partition coefficient (Wildman–Crippen LogP) is 4.32. The fourth-order valence-electron chi connectivity index (χ4n) is 4.26. The van der Waals surface area contributed by atoms with Gasteiger partial charge >= 0.3 is 5.97 Å². The summed E-state index contributed by atoms with van der Waals surface area (Å²) < 4.78 is 5.29. The molecule has 0 saturated carbocycles. The first-order valence-electron chi connectivity index (χ1n) is 11.1. The molecule has 3 atom stereocenters. The van der Waals surface area contributed by atoms with Crippen LogP contribution in [-0.2, 0) is 11.2 Å². The Hall–Kier alpha value is -2.31. The molecule has 0 aliphatic heterocycles. The molecule has 1 aliphatic rings. The van der Waals surface area contributed by atoms with E-state index in [-0.39, 0.29) is 42.1 Å². The quantitative estimate of drug-likeness (QED) is 0.249. The van der Waals surface area contributed by atoms with E-state index < -0.39 is 12.0 Å². The second kappa shape index (κ2) is 11.3. The number of benzene rings is 1. The molecule has 6 heteroatoms. The number of aliphatic hydroxyl groups is 1. The molecule has 1 unspecified atom stereocenters. The van der Waals surface area contributed by atoms with Crippen molar-refractivity contribution >= 4 is 5.97 Å². The van der Waals surface area contributed by atoms with Crippen LogP contribution in [0.2, 0.25) is 0 Å². The van der Waals surface area contributed by atoms with Crippen molar-refractivity contribution in [3.63, 3.8) is 0 Å². The minimum absolute atomic E-state index is 0.0187. The summed E-state index contributed by atoms with van der Waals surface area (Å²) in [5, 5.41) is 31.3. The molecule has 0 radical (unpaired) electrons. The topological polar surface area (TPSA) is 113 Å². The normalized spacial score (nSPS) is 19.6. The lowest BCUT2D eigenvalue weighted by Gasteiger charge is -2.32. The number of carbonyl (C=O) groups is 1. The number of hydrogen-bond acceptors (Lipinski definition) is 6. The van der Waals surface area contributed by atoms with Gasteiger partial charge in [-0.1, -0.05) is 43.6 Å². The highest BCUT2D eigenvalue weighted by molar-refractivity contribution is 5.95. The van der Waals surface area contributed by atoms with Gasteiger partial charge in [-0.25, -0.2) is 4.79 Å². The van der Waals surface area contributed by atoms with Gasteiger partial charge in [0.05, 0.1) is 12.6 Å². The van der Waals surface area contributed by atoms with Crippen molar-refractivity contribution in [2.24, 2.45) is 11.7 Å². The lowest BCUT2D eigenvalue weighted by atomic mass is 9.73. The van der Waals surface area contributed by atoms with Crippen LogP contribution in [0.15, 0.2) is 29.9 Å². The third kappa shape index (κ3) is 6.11. The first-order chi connectivity index (χ1) is 14.7. The molecule has 172 valence electrons. The van der Waals surface area contributed by atoms with Crippen molar-refractivity contribution in [3.05, 3.63) is 46.6 Å². The number of phenols is 2. The number of aromatic hydroxyl groups is 2. The molecule has 1 aromatic rings. The van der Waals surface area contributed by atoms with E-state index in [1.807, 2.05) is 19.9 Å². The third-order valence-electron chi connectivity index (χ3n) is 6.03. The van der Waals surface area contributed by atoms with Crippen molar-refractivity contribution in [2.75, 3.05) is 13.2 Å². The molecule has 1 aromatic carbocycles. The zero-order valence-corrected chi connectivity index (χ0v) is 19.0. The SMILES string of the molecule is C=C(C)[C@H]1CCC(C)=C[C@H]1c1c(O)cc(CCCCC)c(C(=O)OCC(N)CO)c1O. The molecule has 0 bridgehead atoms. The summed E-state index contributed by atoms with van der Waals surface area (Å²) in [5.74, 6) is -1.18. The molecule has 2 rings (SSSR count). The van der Waals surface area contributed by atoms with E-state index in [1.54, 1.807) is 6.07 Å². The average molecular weight is 432 g/mol. The fraction of sp³-hybridized carbons (Fsp3) is 0.560. The van der Waals surface area contributed by atoms with Crippen molar-refractivity contribution in [2.45, 2.75) is 71.3 Å². The van der Waals surface area contributed by atoms with Crippen LogP contribution in [0, 0.1) is 5.92 Å². The van der Waals surface area contributed by atoms with Crippen LogP contribution in [-0.4, -0.2) is 40.5 Å². The highest BCUT2D eigenvalue weighted by Crippen LogP contribution is 2.48. The van der Waals surface area contributed by atoms with Crippen molar-refractivity contribution in [1.29, 1.82) is 0 Å². The zero-order valence-electron chi connectivity index (χ0n) is 19.0. The van der Waals surface area contributed by atoms with Crippen molar-refractivity contribution in [3.8, 4) is 11.5 Å². The number of nitrogens with two attached hydrogens (primary N) is 1. The maximum absolute atomic E-state index is 12.9. The number of rotatable bonds is 10. The highest BCUT2D eigenvalue weighted by atomic mass is 16.5. The number of hydrogen-bond donors (Lipinski definition) is 4. The Kier molecular flexibility index (Phi) is 9.14. The van der Waals surface area contributed by atoms with Crippen LogP contribution in [0.3, 0.4) is 0 Å². The summed E-state index contributed by atoms with van der Waals surface area (Å²) in [6.07, 6.45) is 7.18. The van der Waals surface area contributed by atoms with E-state index >= 15 is 0 Å². The molecular weight excluding hydrogens is 394 g/mol. The fourth-order valence-corrected chi connectivity index (χ4v) is 4.26. The Balaban J connectivity index is 2.55. The van der Waals surface area contributed by atoms with E-state index in [9.17, 15) is 15.0 Å². The molecule has 31 heavy (non-hydrogen) atoms. The molecular formula is C25H37NO5. The van der Waals surface area contributed by atoms with Crippen LogP contribution in [0.25, 0.3) is 0 Å². The van der Waals surface area contributed by atoms with Gasteiger partial charge in [0, 0.05) is 11.5 Å². The number of aryl methyl sites for hydroxylation is 1. The predicted molar refractivity (Wildman–Crippen MR) is 122 cm³/mol. The second-order valence-corrected chi connectivity index (χ2v) is 8.72. The van der Waals surface area contributed by atoms with Crippen LogP contribution in [0.4, 0.5) is 0 Å². The van der Waals surface area contributed by atoms with Crippen LogP contribution in [0.5, 0.6) is 11.5 Å². The first-order valence-corrected chi connectivity index (χ1v) is 11.1. The van der Waals surface area contributed by atoms with E-state index in [0.29, 0.717) is 17.5 Å². The molecule has 0 heterocycles. The van der Waals surface area contributed by atoms with Crippen molar-refractivity contribution in [1.82, 2.24) is 0 Å². The summed E-state index contributed by atoms with van der Waals surface area (Å²) in [6, 6.07) is 0.892. The summed E-state index contributed by atoms with van der Waals surface area (Å²) in [6.45, 7) is 9.69. The summed E-state index contributed by atoms with van der Waals surface area (Å²) in [5.41, 5.74) is 8.77. The van der Waals surface area contributed by atoms with Gasteiger partial charge in [-0.05, 0) is 57.1 Å². The Morgan fingerprint density at radius 2 is 2.06 bits per heavy atom. The standard InChI is InChI=1S/C25H37NO5/c1-5-6-7-8-17-12-21(28)23(20-11-16(4)9-10-19(20)15(2)3)24(29)22(17)25(30)31-14-18(26)13-27/h11-12,18-20,27-29H,2,5-10,13-14,26H2,1,3-4H3/t18?,19-,20-/m1/s1. The van der Waals surface area contributed by atoms with E-state index in [0.717, 1.165) is 37.7 Å². The van der Waals surface area contributed by atoms with Crippen LogP contribution >= 0.6 is 0 Å². The second-order valence-electron chi connectivity index (χ2n) is 8.72. The Labute approximate surface area is 185 Å². The number of phenolic OH excluding ortho intramolecular Hbond substituents is 2. The van der Waals surface area contributed by atoms with Gasteiger partial charge in [0.1, 0.15) is 23.7 Å². The molecule has 0 saturated heterocycles. The van der Waals surface area contributed by atoms with Crippen LogP contribution in [0.1, 0.15) is 80.3 Å². The van der Waals surface area contributed by atoms with Gasteiger partial charge in [0.15, 0.2) is 0 Å². The highest BCUT2D eigenvalue weighted by Gasteiger charge is 2.33. The Morgan fingerprint density at radius 3 is 2.68 bits per heavy atom. The lowest BCUT2D eigenvalue weighted by molar-refractivity contribution is 0.0449. The third-order valence-corrected chi connectivity index (χ3v) is 6.03. The number of carbonyl (C=O) groups excluding carboxylic acids is 1. The van der Waals surface area contributed by atoms with E-state index in [4.69, 9.17) is 15.6 Å². The van der Waals surface area contributed by atoms with E-state index in [2.05, 4.69) is 13.5 Å². The number of unbranched alkanes of at least 4 members (excludes halogenated alkanes) is 2. The largest absolute Gasteiger partial charge is 0.507 e. The molecule has 0 spiro atoms. The minimum atomic E-state index is -0.697. The van der Waals surface area contributed by atoms with Crippen molar-refractivity contribution < 1.29 is 24.9 Å². The maximum atomic E-state index is 12.9. The molecule has 0 fully saturated rings. The van der Waals surface area contributed by atoms with Gasteiger partial charge in [-0.3, -0.25) is 0 Å². The first kappa shape index (κ1) is 25.0. The van der Waals surface area contributed by atoms with Crippen LogP contribution < -0.4 is 5.73 Å². The number of aliphatic hydroxyl groups excluding tert-OH is 1. The molecule has 6 nitrogen and oxygen atoms in total. The van der Waals surface area contributed by atoms with Gasteiger partial charge in [-0.2, -0.15) is 0 Å². The molecule has 5 N–H and O–H groups in total. The number of esters is 1. The van der Waals surface area contributed by atoms with Gasteiger partial charge < -0.3 is 25.8 Å². The summed E-state index contributed by atoms with van der Waals surface area (Å²) in [4.78, 5) is 12.9. The summed E-state index contributed by atoms with van der Waals surface area (Å²) >= 11 is 0.